The molecule has 2 aromatic carbocycles. The van der Waals surface area contributed by atoms with Gasteiger partial charge in [-0.3, -0.25) is 14.8 Å². The van der Waals surface area contributed by atoms with Gasteiger partial charge in [0.1, 0.15) is 55.0 Å². The number of methoxy groups -OCH3 is 1. The summed E-state index contributed by atoms with van der Waals surface area (Å²) in [5.74, 6) is 2.86. The Labute approximate surface area is 376 Å². The molecule has 0 spiro atoms. The number of anilines is 1. The third-order valence-electron chi connectivity index (χ3n) is 14.2. The molecule has 11 nitrogen and oxygen atoms in total. The molecule has 0 aliphatic carbocycles. The van der Waals surface area contributed by atoms with Crippen molar-refractivity contribution in [3.05, 3.63) is 47.7 Å². The number of pyridine rings is 1. The summed E-state index contributed by atoms with van der Waals surface area (Å²) in [6, 6.07) is 6.09. The van der Waals surface area contributed by atoms with Gasteiger partial charge in [0, 0.05) is 50.3 Å². The summed E-state index contributed by atoms with van der Waals surface area (Å²) in [6.07, 6.45) is 3.84. The molecule has 2 aromatic heterocycles. The molecule has 6 heterocycles. The van der Waals surface area contributed by atoms with Crippen molar-refractivity contribution in [2.75, 3.05) is 51.6 Å². The van der Waals surface area contributed by atoms with Crippen LogP contribution in [0.4, 0.5) is 23.8 Å². The zero-order valence-electron chi connectivity index (χ0n) is 39.0. The minimum atomic E-state index is -2.33. The number of rotatable bonds is 11. The fraction of sp³-hybridized carbons (Fsp3) is 0.592. The van der Waals surface area contributed by atoms with Gasteiger partial charge in [-0.15, -0.1) is 5.54 Å². The SMILES string of the molecule is COCOc1cc(-c2ncc3c(N4CC5CCC(C4)N5C(=O)OC(C)(C)C)nc(OC[C@@]45CCCN4C[C@H](F)C5)nc3c2F)c2c(C#C[Si](C(C)C)(C(C)C)C(C)C)c(F)ccc2c1. The largest absolute Gasteiger partial charge is 0.468 e. The first-order chi connectivity index (χ1) is 30.4. The molecular weight excluding hydrogens is 838 g/mol. The topological polar surface area (TPSA) is 102 Å². The van der Waals surface area contributed by atoms with E-state index in [9.17, 15) is 9.18 Å². The summed E-state index contributed by atoms with van der Waals surface area (Å²) in [7, 11) is -0.816. The van der Waals surface area contributed by atoms with Crippen molar-refractivity contribution in [1.82, 2.24) is 24.8 Å². The van der Waals surface area contributed by atoms with Crippen LogP contribution >= 0.6 is 0 Å². The van der Waals surface area contributed by atoms with Crippen molar-refractivity contribution in [1.29, 1.82) is 0 Å². The van der Waals surface area contributed by atoms with Crippen molar-refractivity contribution in [2.24, 2.45) is 0 Å². The standard InChI is InChI=1S/C49H63F3N6O5Si/c1-29(2)64(30(3)4,31(5)6)19-16-37-40(51)15-12-32-20-36(62-28-60-10)21-38(41(32)37)43-42(52)44-39(23-53-43)45(55-46(54-44)61-27-49-17-11-18-57(49)24-33(50)22-49)56-25-34-13-14-35(26-56)58(34)47(59)63-48(7,8)9/h12,15,20-21,23,29-31,33-35H,11,13-14,17-18,22,24-28H2,1-10H3/t33-,34?,35?,49+/m1/s1. The van der Waals surface area contributed by atoms with E-state index in [4.69, 9.17) is 33.9 Å². The summed E-state index contributed by atoms with van der Waals surface area (Å²) < 4.78 is 72.5. The molecule has 1 amide bonds. The first-order valence-electron chi connectivity index (χ1n) is 22.9. The molecule has 4 aliphatic heterocycles. The molecule has 0 radical (unpaired) electrons. The van der Waals surface area contributed by atoms with Crippen molar-refractivity contribution < 1.29 is 36.9 Å². The first kappa shape index (κ1) is 45.9. The maximum atomic E-state index is 17.9. The molecule has 4 fully saturated rings. The van der Waals surface area contributed by atoms with Gasteiger partial charge in [-0.1, -0.05) is 53.5 Å². The molecule has 0 N–H and O–H groups in total. The van der Waals surface area contributed by atoms with Crippen molar-refractivity contribution in [2.45, 2.75) is 140 Å². The Kier molecular flexibility index (Phi) is 12.6. The van der Waals surface area contributed by atoms with Crippen molar-refractivity contribution in [3.63, 3.8) is 0 Å². The van der Waals surface area contributed by atoms with Crippen LogP contribution in [0.15, 0.2) is 30.5 Å². The number of halogens is 3. The predicted octanol–water partition coefficient (Wildman–Crippen LogP) is 10.2. The second-order valence-corrected chi connectivity index (χ2v) is 25.8. The molecule has 15 heteroatoms. The number of hydrogen-bond acceptors (Lipinski definition) is 10. The second-order valence-electron chi connectivity index (χ2n) is 20.2. The van der Waals surface area contributed by atoms with E-state index < -0.39 is 37.0 Å². The monoisotopic (exact) mass is 900 g/mol. The highest BCUT2D eigenvalue weighted by atomic mass is 28.3. The maximum Gasteiger partial charge on any atom is 0.410 e. The molecule has 4 aromatic rings. The molecule has 0 saturated carbocycles. The highest BCUT2D eigenvalue weighted by Crippen LogP contribution is 2.44. The number of piperazine rings is 1. The minimum Gasteiger partial charge on any atom is -0.468 e. The lowest BCUT2D eigenvalue weighted by molar-refractivity contribution is 0.0122. The Balaban J connectivity index is 1.29. The molecular formula is C49H63F3N6O5Si. The van der Waals surface area contributed by atoms with Gasteiger partial charge < -0.3 is 23.8 Å². The van der Waals surface area contributed by atoms with Gasteiger partial charge in [-0.25, -0.2) is 18.0 Å². The van der Waals surface area contributed by atoms with Crippen molar-refractivity contribution in [3.8, 4) is 34.5 Å². The van der Waals surface area contributed by atoms with Crippen LogP contribution < -0.4 is 14.4 Å². The van der Waals surface area contributed by atoms with E-state index >= 15 is 8.78 Å². The molecule has 2 unspecified atom stereocenters. The second kappa shape index (κ2) is 17.6. The highest BCUT2D eigenvalue weighted by molar-refractivity contribution is 6.90. The number of benzene rings is 2. The molecule has 2 bridgehead atoms. The van der Waals surface area contributed by atoms with Crippen LogP contribution in [0.25, 0.3) is 32.9 Å². The molecule has 8 rings (SSSR count). The third kappa shape index (κ3) is 8.39. The lowest BCUT2D eigenvalue weighted by atomic mass is 9.95. The van der Waals surface area contributed by atoms with Crippen LogP contribution in [0.5, 0.6) is 11.8 Å². The summed E-state index contributed by atoms with van der Waals surface area (Å²) in [6.45, 7) is 20.8. The van der Waals surface area contributed by atoms with Gasteiger partial charge in [-0.05, 0) is 93.2 Å². The number of carbonyl (C=O) groups is 1. The summed E-state index contributed by atoms with van der Waals surface area (Å²) in [5, 5.41) is 1.36. The number of aromatic nitrogens is 3. The van der Waals surface area contributed by atoms with E-state index in [1.165, 1.54) is 13.2 Å². The summed E-state index contributed by atoms with van der Waals surface area (Å²) in [4.78, 5) is 33.9. The van der Waals surface area contributed by atoms with Gasteiger partial charge in [0.25, 0.3) is 0 Å². The number of alkyl halides is 1. The Hall–Kier alpha value is -4.65. The van der Waals surface area contributed by atoms with Gasteiger partial charge in [0.05, 0.1) is 28.6 Å². The quantitative estimate of drug-likeness (QED) is 0.0821. The van der Waals surface area contributed by atoms with Gasteiger partial charge >= 0.3 is 12.1 Å². The van der Waals surface area contributed by atoms with Crippen molar-refractivity contribution >= 4 is 41.7 Å². The smallest absolute Gasteiger partial charge is 0.410 e. The predicted molar refractivity (Wildman–Crippen MR) is 246 cm³/mol. The fourth-order valence-corrected chi connectivity index (χ4v) is 16.6. The van der Waals surface area contributed by atoms with Crippen LogP contribution in [0.2, 0.25) is 16.6 Å². The first-order valence-corrected chi connectivity index (χ1v) is 25.1. The van der Waals surface area contributed by atoms with E-state index in [0.29, 0.717) is 70.4 Å². The Morgan fingerprint density at radius 1 is 0.984 bits per heavy atom. The number of fused-ring (bicyclic) bond motifs is 5. The van der Waals surface area contributed by atoms with Gasteiger partial charge in [0.2, 0.25) is 0 Å². The number of carbonyl (C=O) groups excluding carboxylic acids is 1. The van der Waals surface area contributed by atoms with Crippen LogP contribution in [-0.4, -0.2) is 115 Å². The third-order valence-corrected chi connectivity index (χ3v) is 20.5. The number of ether oxygens (including phenoxy) is 4. The van der Waals surface area contributed by atoms with E-state index in [2.05, 4.69) is 62.8 Å². The molecule has 344 valence electrons. The van der Waals surface area contributed by atoms with Crippen LogP contribution in [0.1, 0.15) is 100.0 Å². The van der Waals surface area contributed by atoms with Crippen LogP contribution in [-0.2, 0) is 9.47 Å². The number of amides is 1. The lowest BCUT2D eigenvalue weighted by Crippen LogP contribution is -2.57. The van der Waals surface area contributed by atoms with Gasteiger partial charge in [0.15, 0.2) is 12.6 Å². The van der Waals surface area contributed by atoms with E-state index in [1.54, 1.807) is 24.4 Å². The zero-order valence-corrected chi connectivity index (χ0v) is 40.0. The Morgan fingerprint density at radius 2 is 1.69 bits per heavy atom. The Morgan fingerprint density at radius 3 is 2.34 bits per heavy atom. The Bertz CT molecular complexity index is 2450. The fourth-order valence-electron chi connectivity index (χ4n) is 11.4. The number of nitrogens with zero attached hydrogens (tertiary/aromatic N) is 6. The highest BCUT2D eigenvalue weighted by Gasteiger charge is 2.50. The molecule has 4 saturated heterocycles. The normalized spacial score (nSPS) is 22.5. The van der Waals surface area contributed by atoms with E-state index in [1.807, 2.05) is 25.7 Å². The average Bonchev–Trinajstić information content (AvgIpc) is 3.85. The molecule has 4 aliphatic rings. The van der Waals surface area contributed by atoms with Crippen LogP contribution in [0, 0.1) is 23.1 Å². The summed E-state index contributed by atoms with van der Waals surface area (Å²) in [5.41, 5.74) is 3.77. The number of hydrogen-bond donors (Lipinski definition) is 0. The van der Waals surface area contributed by atoms with E-state index in [-0.39, 0.29) is 59.9 Å². The lowest BCUT2D eigenvalue weighted by Gasteiger charge is -2.42. The average molecular weight is 901 g/mol. The molecule has 64 heavy (non-hydrogen) atoms. The zero-order chi connectivity index (χ0) is 45.9. The molecule has 4 atom stereocenters. The minimum absolute atomic E-state index is 0.0336. The van der Waals surface area contributed by atoms with Crippen LogP contribution in [0.3, 0.4) is 0 Å². The van der Waals surface area contributed by atoms with E-state index in [0.717, 1.165) is 32.2 Å². The summed E-state index contributed by atoms with van der Waals surface area (Å²) >= 11 is 0. The maximum absolute atomic E-state index is 17.9. The van der Waals surface area contributed by atoms with Gasteiger partial charge in [-0.2, -0.15) is 9.97 Å².